The van der Waals surface area contributed by atoms with E-state index in [4.69, 9.17) is 37.0 Å². The van der Waals surface area contributed by atoms with E-state index in [1.165, 1.54) is 38.5 Å². The maximum Gasteiger partial charge on any atom is 0.472 e. The summed E-state index contributed by atoms with van der Waals surface area (Å²) in [6, 6.07) is 0. The van der Waals surface area contributed by atoms with E-state index in [1.54, 1.807) is 12.2 Å². The number of esters is 4. The number of hydrogen-bond acceptors (Lipinski definition) is 15. The quantitative estimate of drug-likeness (QED) is 0.0169. The number of unbranched alkanes of at least 4 members (excludes halogenated alkanes) is 17. The number of carbonyl (C=O) groups excluding carboxylic acids is 4. The number of aliphatic hydroxyl groups excluding tert-OH is 1. The van der Waals surface area contributed by atoms with Crippen molar-refractivity contribution in [3.05, 3.63) is 170 Å². The summed E-state index contributed by atoms with van der Waals surface area (Å²) in [7, 11) is -10.0. The zero-order chi connectivity index (χ0) is 74.6. The molecule has 3 N–H and O–H groups in total. The third kappa shape index (κ3) is 72.8. The molecule has 0 bridgehead atoms. The van der Waals surface area contributed by atoms with Gasteiger partial charge in [-0.1, -0.05) is 262 Å². The summed E-state index contributed by atoms with van der Waals surface area (Å²) in [5.74, 6) is -2.42. The lowest BCUT2D eigenvalue weighted by Crippen LogP contribution is -2.30. The van der Waals surface area contributed by atoms with E-state index in [0.717, 1.165) is 154 Å². The number of rotatable bonds is 70. The first-order chi connectivity index (χ1) is 49.7. The van der Waals surface area contributed by atoms with Crippen LogP contribution < -0.4 is 0 Å². The molecule has 17 nitrogen and oxygen atoms in total. The van der Waals surface area contributed by atoms with Crippen LogP contribution in [0.4, 0.5) is 0 Å². The standard InChI is InChI=1S/C83H134O17P2/c1-5-9-13-17-21-25-29-33-37-38-42-44-48-52-56-60-64-68-81(86)94-74-79(100-83(88)70-66-62-58-54-50-46-41-36-32-28-24-20-16-12-8-4)76-98-102(91,92)96-72-77(84)71-95-101(89,90)97-75-78(99-82(87)69-65-61-57-53-49-45-40-35-31-27-23-19-15-11-7-3)73-93-80(85)67-63-59-55-51-47-43-39-34-30-26-22-18-14-10-6-2/h9-10,12-14,16,21-22,24-26,28,33-37,39-42,44,47,50-51,54,62,66,77-79,84H,5-8,11,15,17-20,23,27,29-32,38,43,45-46,48-49,52-53,55-61,63-65,67-76H2,1-4H3,(H,89,90)(H,91,92)/b13-9-,14-10-,16-12-,25-21-,26-22-,28-24-,37-33-,39-34-,40-35-,41-36-,44-42-,51-47-,54-50-,66-62-. The first-order valence-electron chi connectivity index (χ1n) is 38.4. The number of carbonyl (C=O) groups is 4. The summed E-state index contributed by atoms with van der Waals surface area (Å²) < 4.78 is 68.3. The van der Waals surface area contributed by atoms with Crippen molar-refractivity contribution in [2.75, 3.05) is 39.6 Å². The Morgan fingerprint density at radius 3 is 0.902 bits per heavy atom. The smallest absolute Gasteiger partial charge is 0.462 e. The molecule has 0 saturated heterocycles. The topological polar surface area (TPSA) is 237 Å². The lowest BCUT2D eigenvalue weighted by atomic mass is 10.1. The van der Waals surface area contributed by atoms with Gasteiger partial charge in [-0.25, -0.2) is 9.13 Å². The van der Waals surface area contributed by atoms with Crippen molar-refractivity contribution in [1.82, 2.24) is 0 Å². The van der Waals surface area contributed by atoms with Gasteiger partial charge in [0.2, 0.25) is 0 Å². The van der Waals surface area contributed by atoms with Crippen molar-refractivity contribution >= 4 is 39.5 Å². The number of phosphoric acid groups is 2. The first kappa shape index (κ1) is 96.4. The van der Waals surface area contributed by atoms with Crippen molar-refractivity contribution in [2.24, 2.45) is 0 Å². The molecule has 0 rings (SSSR count). The van der Waals surface area contributed by atoms with Gasteiger partial charge in [0.1, 0.15) is 19.3 Å². The van der Waals surface area contributed by atoms with Gasteiger partial charge in [0.15, 0.2) is 12.2 Å². The Balaban J connectivity index is 5.50. The van der Waals surface area contributed by atoms with Gasteiger partial charge in [-0.2, -0.15) is 0 Å². The van der Waals surface area contributed by atoms with Crippen LogP contribution in [-0.4, -0.2) is 96.7 Å². The van der Waals surface area contributed by atoms with Crippen LogP contribution in [0.3, 0.4) is 0 Å². The number of allylic oxidation sites excluding steroid dienone is 27. The molecule has 0 aromatic rings. The van der Waals surface area contributed by atoms with E-state index in [-0.39, 0.29) is 25.7 Å². The lowest BCUT2D eigenvalue weighted by Gasteiger charge is -2.21. The predicted octanol–water partition coefficient (Wildman–Crippen LogP) is 22.2. The van der Waals surface area contributed by atoms with Crippen LogP contribution in [0.25, 0.3) is 0 Å². The zero-order valence-corrected chi connectivity index (χ0v) is 64.8. The first-order valence-corrected chi connectivity index (χ1v) is 41.4. The van der Waals surface area contributed by atoms with E-state index >= 15 is 0 Å². The molecule has 0 amide bonds. The van der Waals surface area contributed by atoms with Crippen molar-refractivity contribution in [2.45, 2.75) is 290 Å². The van der Waals surface area contributed by atoms with Gasteiger partial charge in [-0.3, -0.25) is 37.3 Å². The highest BCUT2D eigenvalue weighted by molar-refractivity contribution is 7.47. The highest BCUT2D eigenvalue weighted by Gasteiger charge is 2.30. The monoisotopic (exact) mass is 1460 g/mol. The van der Waals surface area contributed by atoms with Crippen molar-refractivity contribution in [3.8, 4) is 0 Å². The van der Waals surface area contributed by atoms with Gasteiger partial charge >= 0.3 is 39.5 Å². The molecule has 0 aromatic carbocycles. The molecule has 0 aliphatic rings. The Bertz CT molecular complexity index is 2600. The van der Waals surface area contributed by atoms with Crippen molar-refractivity contribution in [1.29, 1.82) is 0 Å². The fourth-order valence-electron chi connectivity index (χ4n) is 9.45. The van der Waals surface area contributed by atoms with Crippen LogP contribution >= 0.6 is 15.6 Å². The molecule has 5 atom stereocenters. The summed E-state index contributed by atoms with van der Waals surface area (Å²) >= 11 is 0. The van der Waals surface area contributed by atoms with E-state index in [1.807, 2.05) is 12.2 Å². The molecule has 0 spiro atoms. The number of ether oxygens (including phenoxy) is 4. The van der Waals surface area contributed by atoms with Gasteiger partial charge in [-0.15, -0.1) is 0 Å². The summed E-state index contributed by atoms with van der Waals surface area (Å²) in [6.07, 6.45) is 86.7. The Morgan fingerprint density at radius 2 is 0.549 bits per heavy atom. The molecule has 5 unspecified atom stereocenters. The van der Waals surface area contributed by atoms with E-state index in [0.29, 0.717) is 25.7 Å². The molecular formula is C83H134O17P2. The molecule has 0 saturated carbocycles. The maximum absolute atomic E-state index is 13.1. The largest absolute Gasteiger partial charge is 0.472 e. The van der Waals surface area contributed by atoms with Crippen molar-refractivity contribution < 1.29 is 80.2 Å². The Morgan fingerprint density at radius 1 is 0.294 bits per heavy atom. The lowest BCUT2D eigenvalue weighted by molar-refractivity contribution is -0.161. The predicted molar refractivity (Wildman–Crippen MR) is 417 cm³/mol. The van der Waals surface area contributed by atoms with Crippen molar-refractivity contribution in [3.63, 3.8) is 0 Å². The Hall–Kier alpha value is -5.58. The molecule has 0 radical (unpaired) electrons. The van der Waals surface area contributed by atoms with Crippen LogP contribution in [0, 0.1) is 0 Å². The summed E-state index contributed by atoms with van der Waals surface area (Å²) in [5, 5.41) is 10.6. The SMILES string of the molecule is CC/C=C\C/C=C\C/C=C\C/C=C\C/C=C\CC(=O)OC(COC(=O)CCCCCC/C=C\C/C=C\C/C=C\C/C=C\CC)COP(=O)(O)OCC(O)COP(=O)(O)OCC(COC(=O)CCCC/C=C\C/C=C\C/C=C\C/C=C\CC)OC(=O)CCCCCCC/C=C\CCCCCCCC. The van der Waals surface area contributed by atoms with E-state index in [2.05, 4.69) is 174 Å². The second-order valence-electron chi connectivity index (χ2n) is 24.8. The van der Waals surface area contributed by atoms with E-state index in [9.17, 15) is 43.2 Å². The number of aliphatic hydroxyl groups is 1. The fraction of sp³-hybridized carbons (Fsp3) is 0.614. The molecule has 102 heavy (non-hydrogen) atoms. The second-order valence-corrected chi connectivity index (χ2v) is 27.7. The normalized spacial score (nSPS) is 14.9. The Kier molecular flexibility index (Phi) is 69.7. The third-order valence-electron chi connectivity index (χ3n) is 15.2. The van der Waals surface area contributed by atoms with Crippen LogP contribution in [-0.2, 0) is 65.4 Å². The summed E-state index contributed by atoms with van der Waals surface area (Å²) in [6.45, 7) is 4.30. The molecule has 0 aliphatic heterocycles. The highest BCUT2D eigenvalue weighted by atomic mass is 31.2. The molecule has 0 aromatic heterocycles. The zero-order valence-electron chi connectivity index (χ0n) is 63.0. The Labute approximate surface area is 616 Å². The fourth-order valence-corrected chi connectivity index (χ4v) is 11.0. The van der Waals surface area contributed by atoms with Crippen LogP contribution in [0.2, 0.25) is 0 Å². The minimum Gasteiger partial charge on any atom is -0.462 e. The van der Waals surface area contributed by atoms with E-state index < -0.39 is 97.5 Å². The van der Waals surface area contributed by atoms with Gasteiger partial charge in [-0.05, 0) is 154 Å². The third-order valence-corrected chi connectivity index (χ3v) is 17.1. The minimum atomic E-state index is -5.02. The number of phosphoric ester groups is 2. The van der Waals surface area contributed by atoms with Gasteiger partial charge in [0, 0.05) is 19.3 Å². The average Bonchev–Trinajstić information content (AvgIpc) is 0.919. The van der Waals surface area contributed by atoms with Gasteiger partial charge in [0.25, 0.3) is 0 Å². The molecule has 0 aliphatic carbocycles. The maximum atomic E-state index is 13.1. The van der Waals surface area contributed by atoms with Crippen LogP contribution in [0.1, 0.15) is 272 Å². The van der Waals surface area contributed by atoms with Crippen LogP contribution in [0.5, 0.6) is 0 Å². The van der Waals surface area contributed by atoms with Crippen LogP contribution in [0.15, 0.2) is 170 Å². The molecular weight excluding hydrogens is 1330 g/mol. The minimum absolute atomic E-state index is 0.0676. The van der Waals surface area contributed by atoms with Gasteiger partial charge in [0.05, 0.1) is 32.8 Å². The average molecular weight is 1470 g/mol. The molecule has 19 heteroatoms. The highest BCUT2D eigenvalue weighted by Crippen LogP contribution is 2.45. The summed E-state index contributed by atoms with van der Waals surface area (Å²) in [5.41, 5.74) is 0. The molecule has 0 heterocycles. The second kappa shape index (κ2) is 73.7. The molecule has 0 fully saturated rings. The van der Waals surface area contributed by atoms with Gasteiger partial charge < -0.3 is 33.8 Å². The summed E-state index contributed by atoms with van der Waals surface area (Å²) in [4.78, 5) is 72.8. The number of hydrogen-bond donors (Lipinski definition) is 3. The molecule has 578 valence electrons.